The maximum absolute atomic E-state index is 9.46. The zero-order valence-corrected chi connectivity index (χ0v) is 7.60. The lowest BCUT2D eigenvalue weighted by Gasteiger charge is -2.22. The average Bonchev–Trinajstić information content (AvgIpc) is 2.05. The summed E-state index contributed by atoms with van der Waals surface area (Å²) >= 11 is 0. The normalized spacial score (nSPS) is 44.2. The Labute approximate surface area is 72.6 Å². The molecule has 0 aromatic carbocycles. The van der Waals surface area contributed by atoms with Crippen LogP contribution < -0.4 is 0 Å². The molecular formula is C7H15BO4. The van der Waals surface area contributed by atoms with Gasteiger partial charge in [0.15, 0.2) is 0 Å². The molecule has 0 spiro atoms. The molecule has 0 amide bonds. The first-order valence-electron chi connectivity index (χ1n) is 4.19. The first-order chi connectivity index (χ1) is 5.52. The number of hydrogen-bond acceptors (Lipinski definition) is 4. The van der Waals surface area contributed by atoms with E-state index in [0.29, 0.717) is 0 Å². The molecule has 0 aromatic heterocycles. The average molecular weight is 174 g/mol. The summed E-state index contributed by atoms with van der Waals surface area (Å²) < 4.78 is 10.5. The highest BCUT2D eigenvalue weighted by atomic mass is 16.6. The summed E-state index contributed by atoms with van der Waals surface area (Å²) in [6.07, 6.45) is -2.52. The highest BCUT2D eigenvalue weighted by Crippen LogP contribution is 2.16. The van der Waals surface area contributed by atoms with Crippen molar-refractivity contribution in [1.82, 2.24) is 0 Å². The summed E-state index contributed by atoms with van der Waals surface area (Å²) in [6, 6.07) is 0. The van der Waals surface area contributed by atoms with Gasteiger partial charge in [-0.2, -0.15) is 0 Å². The van der Waals surface area contributed by atoms with E-state index in [2.05, 4.69) is 0 Å². The van der Waals surface area contributed by atoms with Crippen molar-refractivity contribution >= 4 is 7.12 Å². The van der Waals surface area contributed by atoms with Gasteiger partial charge in [0.1, 0.15) is 12.2 Å². The maximum atomic E-state index is 9.46. The van der Waals surface area contributed by atoms with Crippen molar-refractivity contribution in [2.45, 2.75) is 45.1 Å². The molecule has 4 unspecified atom stereocenters. The quantitative estimate of drug-likeness (QED) is 0.493. The van der Waals surface area contributed by atoms with E-state index in [-0.39, 0.29) is 19.3 Å². The molecule has 1 fully saturated rings. The third-order valence-electron chi connectivity index (χ3n) is 2.12. The fourth-order valence-corrected chi connectivity index (χ4v) is 1.35. The molecule has 0 aromatic rings. The van der Waals surface area contributed by atoms with Crippen molar-refractivity contribution in [3.8, 4) is 0 Å². The molecule has 1 heterocycles. The lowest BCUT2D eigenvalue weighted by Crippen LogP contribution is -2.40. The lowest BCUT2D eigenvalue weighted by molar-refractivity contribution is -0.0576. The van der Waals surface area contributed by atoms with Crippen LogP contribution in [-0.4, -0.2) is 41.7 Å². The standard InChI is InChI=1S/C7H15BO4/c1-4-6(9)7(10)5(2)12-8(3)11-4/h4-7,9-10H,1-3H3. The summed E-state index contributed by atoms with van der Waals surface area (Å²) in [5.41, 5.74) is 0. The molecule has 0 bridgehead atoms. The van der Waals surface area contributed by atoms with Crippen molar-refractivity contribution in [2.75, 3.05) is 0 Å². The van der Waals surface area contributed by atoms with E-state index in [1.807, 2.05) is 0 Å². The Bertz CT molecular complexity index is 138. The second-order valence-electron chi connectivity index (χ2n) is 3.23. The number of rotatable bonds is 0. The summed E-state index contributed by atoms with van der Waals surface area (Å²) in [7, 11) is -0.373. The van der Waals surface area contributed by atoms with Crippen LogP contribution in [0, 0.1) is 0 Å². The van der Waals surface area contributed by atoms with E-state index < -0.39 is 12.2 Å². The van der Waals surface area contributed by atoms with Gasteiger partial charge in [-0.25, -0.2) is 0 Å². The highest BCUT2D eigenvalue weighted by Gasteiger charge is 2.35. The van der Waals surface area contributed by atoms with E-state index in [0.717, 1.165) is 0 Å². The second kappa shape index (κ2) is 3.74. The fraction of sp³-hybridized carbons (Fsp3) is 1.00. The van der Waals surface area contributed by atoms with Gasteiger partial charge >= 0.3 is 7.12 Å². The van der Waals surface area contributed by atoms with Gasteiger partial charge in [0.2, 0.25) is 0 Å². The summed E-state index contributed by atoms with van der Waals surface area (Å²) in [6.45, 7) is 5.18. The minimum absolute atomic E-state index is 0.373. The molecule has 1 aliphatic rings. The van der Waals surface area contributed by atoms with Gasteiger partial charge in [-0.15, -0.1) is 0 Å². The van der Waals surface area contributed by atoms with E-state index in [9.17, 15) is 10.2 Å². The van der Waals surface area contributed by atoms with E-state index in [1.165, 1.54) is 0 Å². The minimum atomic E-state index is -0.870. The summed E-state index contributed by atoms with van der Waals surface area (Å²) in [5, 5.41) is 18.9. The molecule has 0 saturated carbocycles. The van der Waals surface area contributed by atoms with Crippen molar-refractivity contribution < 1.29 is 19.5 Å². The van der Waals surface area contributed by atoms with Crippen LogP contribution >= 0.6 is 0 Å². The topological polar surface area (TPSA) is 58.9 Å². The molecule has 0 radical (unpaired) electrons. The van der Waals surface area contributed by atoms with Crippen molar-refractivity contribution in [3.05, 3.63) is 0 Å². The predicted molar refractivity (Wildman–Crippen MR) is 44.7 cm³/mol. The lowest BCUT2D eigenvalue weighted by atomic mass is 9.95. The van der Waals surface area contributed by atoms with Gasteiger partial charge < -0.3 is 19.5 Å². The molecule has 4 nitrogen and oxygen atoms in total. The third-order valence-corrected chi connectivity index (χ3v) is 2.12. The maximum Gasteiger partial charge on any atom is 0.454 e. The SMILES string of the molecule is CB1OC(C)C(O)C(O)C(C)O1. The van der Waals surface area contributed by atoms with Crippen molar-refractivity contribution in [2.24, 2.45) is 0 Å². The third kappa shape index (κ3) is 1.98. The fourth-order valence-electron chi connectivity index (χ4n) is 1.35. The van der Waals surface area contributed by atoms with Crippen LogP contribution in [0.2, 0.25) is 6.82 Å². The van der Waals surface area contributed by atoms with Gasteiger partial charge in [0.25, 0.3) is 0 Å². The Balaban J connectivity index is 2.66. The van der Waals surface area contributed by atoms with E-state index in [1.54, 1.807) is 20.7 Å². The van der Waals surface area contributed by atoms with Gasteiger partial charge in [0.05, 0.1) is 12.2 Å². The highest BCUT2D eigenvalue weighted by molar-refractivity contribution is 6.42. The molecule has 1 saturated heterocycles. The Hall–Kier alpha value is -0.0951. The first-order valence-corrected chi connectivity index (χ1v) is 4.19. The molecule has 1 rings (SSSR count). The molecule has 0 aliphatic carbocycles. The minimum Gasteiger partial charge on any atom is -0.406 e. The van der Waals surface area contributed by atoms with Gasteiger partial charge in [-0.1, -0.05) is 0 Å². The van der Waals surface area contributed by atoms with Gasteiger partial charge in [0, 0.05) is 0 Å². The Morgan fingerprint density at radius 2 is 1.33 bits per heavy atom. The molecule has 5 heteroatoms. The first kappa shape index (κ1) is 9.99. The summed E-state index contributed by atoms with van der Waals surface area (Å²) in [5.74, 6) is 0. The number of hydrogen-bond donors (Lipinski definition) is 2. The van der Waals surface area contributed by atoms with Crippen LogP contribution in [0.5, 0.6) is 0 Å². The Morgan fingerprint density at radius 3 is 1.67 bits per heavy atom. The van der Waals surface area contributed by atoms with Gasteiger partial charge in [-0.3, -0.25) is 0 Å². The number of aliphatic hydroxyl groups is 2. The molecule has 2 N–H and O–H groups in total. The Morgan fingerprint density at radius 1 is 1.00 bits per heavy atom. The van der Waals surface area contributed by atoms with Crippen LogP contribution in [0.25, 0.3) is 0 Å². The van der Waals surface area contributed by atoms with Crippen molar-refractivity contribution in [3.63, 3.8) is 0 Å². The van der Waals surface area contributed by atoms with Crippen LogP contribution in [0.1, 0.15) is 13.8 Å². The van der Waals surface area contributed by atoms with Crippen molar-refractivity contribution in [1.29, 1.82) is 0 Å². The molecular weight excluding hydrogens is 159 g/mol. The molecule has 12 heavy (non-hydrogen) atoms. The van der Waals surface area contributed by atoms with E-state index >= 15 is 0 Å². The van der Waals surface area contributed by atoms with Crippen LogP contribution in [0.3, 0.4) is 0 Å². The van der Waals surface area contributed by atoms with Crippen LogP contribution in [0.15, 0.2) is 0 Å². The summed E-state index contributed by atoms with van der Waals surface area (Å²) in [4.78, 5) is 0. The second-order valence-corrected chi connectivity index (χ2v) is 3.23. The zero-order chi connectivity index (χ0) is 9.30. The smallest absolute Gasteiger partial charge is 0.406 e. The molecule has 4 atom stereocenters. The van der Waals surface area contributed by atoms with Crippen LogP contribution in [0.4, 0.5) is 0 Å². The monoisotopic (exact) mass is 174 g/mol. The zero-order valence-electron chi connectivity index (χ0n) is 7.60. The Kier molecular flexibility index (Phi) is 3.12. The predicted octanol–water partition coefficient (Wildman–Crippen LogP) is -0.350. The molecule has 1 aliphatic heterocycles. The van der Waals surface area contributed by atoms with E-state index in [4.69, 9.17) is 9.31 Å². The largest absolute Gasteiger partial charge is 0.454 e. The van der Waals surface area contributed by atoms with Gasteiger partial charge in [-0.05, 0) is 20.7 Å². The van der Waals surface area contributed by atoms with Crippen LogP contribution in [-0.2, 0) is 9.31 Å². The molecule has 70 valence electrons. The number of aliphatic hydroxyl groups excluding tert-OH is 2.